The second-order valence-electron chi connectivity index (χ2n) is 8.07. The highest BCUT2D eigenvalue weighted by Crippen LogP contribution is 2.30. The lowest BCUT2D eigenvalue weighted by molar-refractivity contribution is 0.0697. The molecule has 0 fully saturated rings. The third kappa shape index (κ3) is 5.63. The maximum Gasteiger partial charge on any atom is 0.337 e. The van der Waals surface area contributed by atoms with Gasteiger partial charge in [0, 0.05) is 37.1 Å². The van der Waals surface area contributed by atoms with E-state index in [1.807, 2.05) is 12.1 Å². The van der Waals surface area contributed by atoms with Gasteiger partial charge in [-0.25, -0.2) is 9.78 Å². The van der Waals surface area contributed by atoms with Crippen LogP contribution in [0, 0.1) is 0 Å². The minimum atomic E-state index is -1.01. The molecular formula is C25H26ClN3O4. The molecule has 2 atom stereocenters. The smallest absolute Gasteiger partial charge is 0.337 e. The zero-order chi connectivity index (χ0) is 23.4. The predicted molar refractivity (Wildman–Crippen MR) is 127 cm³/mol. The number of hydrogen-bond donors (Lipinski definition) is 4. The monoisotopic (exact) mass is 467 g/mol. The molecule has 3 aromatic rings. The fourth-order valence-corrected chi connectivity index (χ4v) is 4.18. The Bertz CT molecular complexity index is 1140. The van der Waals surface area contributed by atoms with E-state index in [4.69, 9.17) is 16.3 Å². The summed E-state index contributed by atoms with van der Waals surface area (Å²) in [5.41, 5.74) is 3.88. The third-order valence-corrected chi connectivity index (χ3v) is 6.09. The van der Waals surface area contributed by atoms with Crippen LogP contribution in [-0.2, 0) is 12.8 Å². The molecule has 0 radical (unpaired) electrons. The lowest BCUT2D eigenvalue weighted by Gasteiger charge is -2.27. The Balaban J connectivity index is 1.40. The molecule has 1 aromatic heterocycles. The summed E-state index contributed by atoms with van der Waals surface area (Å²) in [4.78, 5) is 15.5. The van der Waals surface area contributed by atoms with E-state index < -0.39 is 12.1 Å². The minimum absolute atomic E-state index is 0.159. The molecule has 1 aliphatic rings. The Labute approximate surface area is 197 Å². The van der Waals surface area contributed by atoms with Gasteiger partial charge in [-0.05, 0) is 66.8 Å². The molecule has 0 spiro atoms. The number of carboxylic acid groups (broad SMARTS) is 1. The number of carbonyl (C=O) groups is 1. The number of nitrogens with zero attached hydrogens (tertiary/aromatic N) is 1. The number of hydrogen-bond acceptors (Lipinski definition) is 6. The van der Waals surface area contributed by atoms with Crippen molar-refractivity contribution in [3.05, 3.63) is 82.1 Å². The topological polar surface area (TPSA) is 104 Å². The number of aryl methyl sites for hydroxylation is 1. The second-order valence-corrected chi connectivity index (χ2v) is 8.46. The van der Waals surface area contributed by atoms with Crippen molar-refractivity contribution in [3.63, 3.8) is 0 Å². The lowest BCUT2D eigenvalue weighted by atomic mass is 9.88. The number of carboxylic acids is 1. The first-order valence-electron chi connectivity index (χ1n) is 10.8. The van der Waals surface area contributed by atoms with Crippen LogP contribution in [0.4, 0.5) is 5.69 Å². The van der Waals surface area contributed by atoms with Crippen LogP contribution in [0.25, 0.3) is 0 Å². The number of aliphatic hydroxyl groups excluding tert-OH is 1. The van der Waals surface area contributed by atoms with Gasteiger partial charge in [0.1, 0.15) is 16.7 Å². The summed E-state index contributed by atoms with van der Waals surface area (Å²) in [6.45, 7) is 0.426. The van der Waals surface area contributed by atoms with Gasteiger partial charge in [0.05, 0.1) is 11.7 Å². The van der Waals surface area contributed by atoms with Crippen LogP contribution in [0.2, 0.25) is 5.15 Å². The molecule has 4 N–H and O–H groups in total. The molecule has 0 saturated carbocycles. The van der Waals surface area contributed by atoms with Gasteiger partial charge >= 0.3 is 5.97 Å². The largest absolute Gasteiger partial charge is 0.478 e. The van der Waals surface area contributed by atoms with Gasteiger partial charge in [-0.3, -0.25) is 0 Å². The van der Waals surface area contributed by atoms with E-state index in [1.165, 1.54) is 17.2 Å². The van der Waals surface area contributed by atoms with Crippen LogP contribution in [0.1, 0.15) is 39.6 Å². The van der Waals surface area contributed by atoms with Crippen molar-refractivity contribution in [1.82, 2.24) is 10.3 Å². The van der Waals surface area contributed by atoms with Gasteiger partial charge in [-0.15, -0.1) is 0 Å². The average molecular weight is 468 g/mol. The van der Waals surface area contributed by atoms with E-state index in [1.54, 1.807) is 37.5 Å². The van der Waals surface area contributed by atoms with E-state index in [2.05, 4.69) is 21.7 Å². The molecule has 1 aliphatic carbocycles. The number of rotatable bonds is 8. The number of nitrogens with one attached hydrogen (secondary N) is 2. The molecule has 33 heavy (non-hydrogen) atoms. The van der Waals surface area contributed by atoms with Gasteiger partial charge in [-0.2, -0.15) is 0 Å². The molecule has 2 aromatic carbocycles. The fourth-order valence-electron chi connectivity index (χ4n) is 4.07. The highest BCUT2D eigenvalue weighted by atomic mass is 35.5. The summed E-state index contributed by atoms with van der Waals surface area (Å²) in [7, 11) is 1.68. The molecule has 0 amide bonds. The van der Waals surface area contributed by atoms with Gasteiger partial charge in [0.2, 0.25) is 0 Å². The maximum atomic E-state index is 11.5. The number of halogens is 1. The Morgan fingerprint density at radius 2 is 1.97 bits per heavy atom. The van der Waals surface area contributed by atoms with Crippen LogP contribution in [-0.4, -0.2) is 40.8 Å². The molecule has 8 heteroatoms. The highest BCUT2D eigenvalue weighted by molar-refractivity contribution is 6.29. The summed E-state index contributed by atoms with van der Waals surface area (Å²) >= 11 is 5.81. The molecule has 0 unspecified atom stereocenters. The van der Waals surface area contributed by atoms with Crippen molar-refractivity contribution in [2.45, 2.75) is 31.4 Å². The standard InChI is InChI=1S/C25H26ClN3O4/c1-27-22-8-7-20(12-21(22)25(31)32)33-19-6-3-15-2-5-18(10-17(15)11-19)28-14-23(30)16-4-9-24(26)29-13-16/h3-4,6-9,11-13,18,23,27-28,30H,2,5,10,14H2,1H3,(H,31,32)/t18-,23-/m0/s1. The molecular weight excluding hydrogens is 442 g/mol. The van der Waals surface area contributed by atoms with Crippen molar-refractivity contribution in [2.24, 2.45) is 0 Å². The van der Waals surface area contributed by atoms with Gasteiger partial charge < -0.3 is 25.6 Å². The van der Waals surface area contributed by atoms with Crippen LogP contribution < -0.4 is 15.4 Å². The first-order chi connectivity index (χ1) is 15.9. The molecule has 172 valence electrons. The van der Waals surface area contributed by atoms with Crippen molar-refractivity contribution < 1.29 is 19.7 Å². The SMILES string of the molecule is CNc1ccc(Oc2ccc3c(c2)C[C@@H](NC[C@H](O)c2ccc(Cl)nc2)CC3)cc1C(=O)O. The van der Waals surface area contributed by atoms with Crippen molar-refractivity contribution >= 4 is 23.3 Å². The van der Waals surface area contributed by atoms with E-state index in [-0.39, 0.29) is 11.6 Å². The molecule has 1 heterocycles. The van der Waals surface area contributed by atoms with E-state index in [0.29, 0.717) is 28.9 Å². The van der Waals surface area contributed by atoms with Crippen LogP contribution in [0.5, 0.6) is 11.5 Å². The quantitative estimate of drug-likeness (QED) is 0.363. The van der Waals surface area contributed by atoms with Gasteiger partial charge in [0.25, 0.3) is 0 Å². The summed E-state index contributed by atoms with van der Waals surface area (Å²) in [5.74, 6) is 0.118. The van der Waals surface area contributed by atoms with E-state index >= 15 is 0 Å². The predicted octanol–water partition coefficient (Wildman–Crippen LogP) is 4.45. The Kier molecular flexibility index (Phi) is 7.13. The number of aromatic carboxylic acids is 1. The Morgan fingerprint density at radius 1 is 1.18 bits per heavy atom. The number of benzene rings is 2. The maximum absolute atomic E-state index is 11.5. The van der Waals surface area contributed by atoms with Crippen LogP contribution in [0.15, 0.2) is 54.7 Å². The van der Waals surface area contributed by atoms with Gasteiger partial charge in [-0.1, -0.05) is 23.7 Å². The second kappa shape index (κ2) is 10.2. The minimum Gasteiger partial charge on any atom is -0.478 e. The number of aromatic nitrogens is 1. The van der Waals surface area contributed by atoms with E-state index in [0.717, 1.165) is 24.8 Å². The van der Waals surface area contributed by atoms with E-state index in [9.17, 15) is 15.0 Å². The van der Waals surface area contributed by atoms with Crippen molar-refractivity contribution in [1.29, 1.82) is 0 Å². The lowest BCUT2D eigenvalue weighted by Crippen LogP contribution is -2.37. The number of ether oxygens (including phenoxy) is 1. The molecule has 4 rings (SSSR count). The summed E-state index contributed by atoms with van der Waals surface area (Å²) in [5, 5.41) is 26.6. The zero-order valence-electron chi connectivity index (χ0n) is 18.2. The van der Waals surface area contributed by atoms with Crippen molar-refractivity contribution in [2.75, 3.05) is 18.9 Å². The Morgan fingerprint density at radius 3 is 2.70 bits per heavy atom. The molecule has 0 bridgehead atoms. The van der Waals surface area contributed by atoms with Gasteiger partial charge in [0.15, 0.2) is 0 Å². The number of pyridine rings is 1. The Hall–Kier alpha value is -3.13. The summed E-state index contributed by atoms with van der Waals surface area (Å²) in [6, 6.07) is 14.6. The number of fused-ring (bicyclic) bond motifs is 1. The zero-order valence-corrected chi connectivity index (χ0v) is 19.0. The average Bonchev–Trinajstić information content (AvgIpc) is 2.82. The molecule has 0 aliphatic heterocycles. The third-order valence-electron chi connectivity index (χ3n) is 5.87. The fraction of sp³-hybridized carbons (Fsp3) is 0.280. The summed E-state index contributed by atoms with van der Waals surface area (Å²) < 4.78 is 5.97. The van der Waals surface area contributed by atoms with Crippen LogP contribution in [0.3, 0.4) is 0 Å². The summed E-state index contributed by atoms with van der Waals surface area (Å²) in [6.07, 6.45) is 3.66. The first kappa shape index (κ1) is 23.0. The number of aliphatic hydroxyl groups is 1. The molecule has 0 saturated heterocycles. The van der Waals surface area contributed by atoms with Crippen molar-refractivity contribution in [3.8, 4) is 11.5 Å². The number of anilines is 1. The normalized spacial score (nSPS) is 16.0. The first-order valence-corrected chi connectivity index (χ1v) is 11.2. The van der Waals surface area contributed by atoms with Crippen LogP contribution >= 0.6 is 11.6 Å². The molecule has 7 nitrogen and oxygen atoms in total. The highest BCUT2D eigenvalue weighted by Gasteiger charge is 2.20.